The Kier molecular flexibility index (Phi) is 6.52. The maximum atomic E-state index is 10.8. The summed E-state index contributed by atoms with van der Waals surface area (Å²) in [5.74, 6) is -0.244. The molecule has 10 heteroatoms. The molecular weight excluding hydrogens is 360 g/mol. The van der Waals surface area contributed by atoms with Gasteiger partial charge in [-0.1, -0.05) is 18.0 Å². The number of benzene rings is 1. The Bertz CT molecular complexity index is 872. The molecule has 0 amide bonds. The minimum absolute atomic E-state index is 0.156. The lowest BCUT2D eigenvalue weighted by Crippen LogP contribution is -1.94. The van der Waals surface area contributed by atoms with Crippen molar-refractivity contribution in [1.82, 2.24) is 10.2 Å². The second-order valence-corrected chi connectivity index (χ2v) is 5.98. The molecule has 0 aliphatic carbocycles. The molecule has 0 fully saturated rings. The molecule has 0 aliphatic rings. The van der Waals surface area contributed by atoms with E-state index in [1.54, 1.807) is 0 Å². The highest BCUT2D eigenvalue weighted by Gasteiger charge is 2.17. The molecule has 0 bridgehead atoms. The number of nitrogen functional groups attached to an aromatic ring is 1. The van der Waals surface area contributed by atoms with E-state index in [4.69, 9.17) is 22.6 Å². The van der Waals surface area contributed by atoms with Gasteiger partial charge in [-0.25, -0.2) is 0 Å². The number of nitro groups is 1. The number of aromatic amines is 1. The number of phenolic OH excluding ortho intramolecular Hbond substituents is 1. The van der Waals surface area contributed by atoms with Gasteiger partial charge in [0.2, 0.25) is 5.75 Å². The fraction of sp³-hybridized carbons (Fsp3) is 0.312. The Hall–Kier alpha value is -3.12. The van der Waals surface area contributed by atoms with Crippen LogP contribution in [0.25, 0.3) is 0 Å². The van der Waals surface area contributed by atoms with Gasteiger partial charge in [-0.2, -0.15) is 10.4 Å². The first-order valence-electron chi connectivity index (χ1n) is 7.83. The fourth-order valence-electron chi connectivity index (χ4n) is 2.39. The van der Waals surface area contributed by atoms with E-state index >= 15 is 0 Å². The first kappa shape index (κ1) is 19.2. The Morgan fingerprint density at radius 3 is 2.92 bits per heavy atom. The number of aromatic nitrogens is 2. The molecule has 0 unspecified atom stereocenters. The topological polar surface area (TPSA) is 154 Å². The lowest BCUT2D eigenvalue weighted by molar-refractivity contribution is -0.385. The first-order chi connectivity index (χ1) is 12.4. The van der Waals surface area contributed by atoms with Crippen molar-refractivity contribution in [3.8, 4) is 11.8 Å². The average Bonchev–Trinajstić information content (AvgIpc) is 2.96. The molecule has 136 valence electrons. The predicted octanol–water partition coefficient (Wildman–Crippen LogP) is 2.96. The lowest BCUT2D eigenvalue weighted by atomic mass is 10.1. The molecule has 2 rings (SSSR count). The minimum Gasteiger partial charge on any atom is -0.502 e. The van der Waals surface area contributed by atoms with Gasteiger partial charge >= 0.3 is 5.69 Å². The van der Waals surface area contributed by atoms with Crippen LogP contribution in [0.15, 0.2) is 17.1 Å². The second-order valence-electron chi connectivity index (χ2n) is 5.54. The van der Waals surface area contributed by atoms with Crippen molar-refractivity contribution in [2.24, 2.45) is 4.99 Å². The molecule has 0 saturated carbocycles. The summed E-state index contributed by atoms with van der Waals surface area (Å²) in [7, 11) is 0. The van der Waals surface area contributed by atoms with Gasteiger partial charge in [-0.05, 0) is 25.3 Å². The van der Waals surface area contributed by atoms with Crippen molar-refractivity contribution in [1.29, 1.82) is 5.26 Å². The van der Waals surface area contributed by atoms with Crippen molar-refractivity contribution < 1.29 is 10.0 Å². The smallest absolute Gasteiger partial charge is 0.312 e. The molecule has 0 spiro atoms. The monoisotopic (exact) mass is 376 g/mol. The third-order valence-corrected chi connectivity index (χ3v) is 3.92. The Balaban J connectivity index is 1.81. The molecular formula is C16H17ClN6O3. The van der Waals surface area contributed by atoms with Gasteiger partial charge in [-0.15, -0.1) is 0 Å². The van der Waals surface area contributed by atoms with Crippen molar-refractivity contribution in [2.45, 2.75) is 25.7 Å². The number of nitrogens with two attached hydrogens (primary N) is 1. The number of halogens is 1. The second kappa shape index (κ2) is 8.82. The number of nitrogens with one attached hydrogen (secondary N) is 1. The minimum atomic E-state index is -0.698. The number of unbranched alkanes of at least 4 members (excludes halogenated alkanes) is 2. The fourth-order valence-corrected chi connectivity index (χ4v) is 2.61. The van der Waals surface area contributed by atoms with Gasteiger partial charge in [0.15, 0.2) is 5.82 Å². The molecule has 0 saturated heterocycles. The molecule has 0 atom stereocenters. The molecule has 1 aromatic carbocycles. The van der Waals surface area contributed by atoms with Crippen LogP contribution in [0.5, 0.6) is 5.75 Å². The van der Waals surface area contributed by atoms with Crippen LogP contribution < -0.4 is 5.73 Å². The zero-order chi connectivity index (χ0) is 19.1. The van der Waals surface area contributed by atoms with Crippen LogP contribution in [0.3, 0.4) is 0 Å². The van der Waals surface area contributed by atoms with Crippen LogP contribution >= 0.6 is 11.6 Å². The summed E-state index contributed by atoms with van der Waals surface area (Å²) >= 11 is 5.81. The summed E-state index contributed by atoms with van der Waals surface area (Å²) in [6.07, 6.45) is 4.52. The van der Waals surface area contributed by atoms with E-state index in [9.17, 15) is 15.2 Å². The van der Waals surface area contributed by atoms with Crippen LogP contribution in [0.1, 0.15) is 36.1 Å². The molecule has 0 aliphatic heterocycles. The molecule has 0 radical (unpaired) electrons. The molecule has 9 nitrogen and oxygen atoms in total. The van der Waals surface area contributed by atoms with Gasteiger partial charge in [0.1, 0.15) is 11.6 Å². The average molecular weight is 377 g/mol. The standard InChI is InChI=1S/C16H17ClN6O3/c17-11-6-10(15(24)14(7-11)23(25)26)9-20-5-3-1-2-4-13-12(8-18)16(19)22-21-13/h6-7,9,24H,1-5H2,(H3,19,21,22). The predicted molar refractivity (Wildman–Crippen MR) is 97.5 cm³/mol. The number of anilines is 1. The number of aromatic hydroxyl groups is 1. The van der Waals surface area contributed by atoms with E-state index in [0.29, 0.717) is 18.5 Å². The zero-order valence-electron chi connectivity index (χ0n) is 13.8. The molecule has 26 heavy (non-hydrogen) atoms. The number of phenols is 1. The number of nitrogens with zero attached hydrogens (tertiary/aromatic N) is 4. The van der Waals surface area contributed by atoms with Gasteiger partial charge in [0.25, 0.3) is 0 Å². The van der Waals surface area contributed by atoms with Gasteiger partial charge in [-0.3, -0.25) is 20.2 Å². The van der Waals surface area contributed by atoms with Gasteiger partial charge in [0.05, 0.1) is 10.6 Å². The van der Waals surface area contributed by atoms with E-state index in [1.165, 1.54) is 12.3 Å². The van der Waals surface area contributed by atoms with Gasteiger partial charge in [0, 0.05) is 29.4 Å². The molecule has 4 N–H and O–H groups in total. The Morgan fingerprint density at radius 1 is 1.46 bits per heavy atom. The normalized spacial score (nSPS) is 10.9. The highest BCUT2D eigenvalue weighted by Crippen LogP contribution is 2.32. The third kappa shape index (κ3) is 4.70. The Morgan fingerprint density at radius 2 is 2.23 bits per heavy atom. The van der Waals surface area contributed by atoms with Crippen molar-refractivity contribution in [3.63, 3.8) is 0 Å². The zero-order valence-corrected chi connectivity index (χ0v) is 14.5. The summed E-state index contributed by atoms with van der Waals surface area (Å²) in [6, 6.07) is 4.53. The number of aryl methyl sites for hydroxylation is 1. The summed E-state index contributed by atoms with van der Waals surface area (Å²) < 4.78 is 0. The van der Waals surface area contributed by atoms with Gasteiger partial charge < -0.3 is 10.8 Å². The maximum absolute atomic E-state index is 10.8. The maximum Gasteiger partial charge on any atom is 0.312 e. The summed E-state index contributed by atoms with van der Waals surface area (Å²) in [5.41, 5.74) is 6.44. The van der Waals surface area contributed by atoms with Crippen LogP contribution in [0.4, 0.5) is 11.5 Å². The van der Waals surface area contributed by atoms with E-state index < -0.39 is 16.4 Å². The highest BCUT2D eigenvalue weighted by atomic mass is 35.5. The number of H-pyrrole nitrogens is 1. The Labute approximate surface area is 154 Å². The molecule has 1 aromatic heterocycles. The highest BCUT2D eigenvalue weighted by molar-refractivity contribution is 6.31. The third-order valence-electron chi connectivity index (χ3n) is 3.71. The number of nitro benzene ring substituents is 1. The van der Waals surface area contributed by atoms with Crippen LogP contribution in [0.2, 0.25) is 5.02 Å². The van der Waals surface area contributed by atoms with E-state index in [0.717, 1.165) is 31.0 Å². The summed E-state index contributed by atoms with van der Waals surface area (Å²) in [4.78, 5) is 14.3. The summed E-state index contributed by atoms with van der Waals surface area (Å²) in [5, 5.41) is 36.4. The van der Waals surface area contributed by atoms with Crippen LogP contribution in [-0.4, -0.2) is 33.0 Å². The van der Waals surface area contributed by atoms with Crippen molar-refractivity contribution in [3.05, 3.63) is 44.1 Å². The van der Waals surface area contributed by atoms with Crippen molar-refractivity contribution >= 4 is 29.3 Å². The van der Waals surface area contributed by atoms with Crippen LogP contribution in [0, 0.1) is 21.4 Å². The quantitative estimate of drug-likeness (QED) is 0.278. The number of rotatable bonds is 8. The lowest BCUT2D eigenvalue weighted by Gasteiger charge is -2.02. The molecule has 1 heterocycles. The largest absolute Gasteiger partial charge is 0.502 e. The van der Waals surface area contributed by atoms with E-state index in [2.05, 4.69) is 15.2 Å². The number of nitriles is 1. The first-order valence-corrected chi connectivity index (χ1v) is 8.21. The molecule has 2 aromatic rings. The number of hydrogen-bond donors (Lipinski definition) is 3. The van der Waals surface area contributed by atoms with Crippen molar-refractivity contribution in [2.75, 3.05) is 12.3 Å². The summed E-state index contributed by atoms with van der Waals surface area (Å²) in [6.45, 7) is 0.496. The van der Waals surface area contributed by atoms with E-state index in [1.807, 2.05) is 6.07 Å². The van der Waals surface area contributed by atoms with E-state index in [-0.39, 0.29) is 16.4 Å². The number of aliphatic imine (C=N–C) groups is 1. The SMILES string of the molecule is N#Cc1c(N)n[nH]c1CCCCCN=Cc1cc(Cl)cc([N+](=O)[O-])c1O. The number of hydrogen-bond acceptors (Lipinski definition) is 7. The van der Waals surface area contributed by atoms with Crippen LogP contribution in [-0.2, 0) is 6.42 Å².